The number of nitrogens with zero attached hydrogens (tertiary/aromatic N) is 2. The van der Waals surface area contributed by atoms with Gasteiger partial charge in [-0.15, -0.1) is 0 Å². The molecule has 0 saturated heterocycles. The zero-order valence-electron chi connectivity index (χ0n) is 9.25. The van der Waals surface area contributed by atoms with Gasteiger partial charge in [0.2, 0.25) is 0 Å². The van der Waals surface area contributed by atoms with E-state index in [0.717, 1.165) is 12.1 Å². The van der Waals surface area contributed by atoms with Crippen LogP contribution in [0, 0.1) is 17.5 Å². The maximum Gasteiger partial charge on any atom is 0.291 e. The normalized spacial score (nSPS) is 10.4. The summed E-state index contributed by atoms with van der Waals surface area (Å²) in [6, 6.07) is 1.67. The van der Waals surface area contributed by atoms with Gasteiger partial charge < -0.3 is 9.88 Å². The molecule has 1 aromatic carbocycles. The quantitative estimate of drug-likeness (QED) is 0.835. The Bertz CT molecular complexity index is 610. The second-order valence-corrected chi connectivity index (χ2v) is 3.54. The van der Waals surface area contributed by atoms with Crippen LogP contribution in [0.5, 0.6) is 0 Å². The van der Waals surface area contributed by atoms with Crippen LogP contribution in [-0.2, 0) is 7.05 Å². The molecule has 0 aliphatic heterocycles. The van der Waals surface area contributed by atoms with Gasteiger partial charge in [0.25, 0.3) is 5.91 Å². The van der Waals surface area contributed by atoms with Crippen molar-refractivity contribution >= 4 is 11.6 Å². The molecule has 18 heavy (non-hydrogen) atoms. The highest BCUT2D eigenvalue weighted by Crippen LogP contribution is 2.19. The van der Waals surface area contributed by atoms with Crippen molar-refractivity contribution in [2.45, 2.75) is 0 Å². The van der Waals surface area contributed by atoms with Crippen LogP contribution in [0.15, 0.2) is 24.5 Å². The maximum absolute atomic E-state index is 13.3. The van der Waals surface area contributed by atoms with Crippen LogP contribution >= 0.6 is 0 Å². The van der Waals surface area contributed by atoms with Gasteiger partial charge in [0.05, 0.1) is 5.69 Å². The third kappa shape index (κ3) is 2.06. The number of nitrogens with one attached hydrogen (secondary N) is 1. The number of carbonyl (C=O) groups is 1. The smallest absolute Gasteiger partial charge is 0.291 e. The highest BCUT2D eigenvalue weighted by molar-refractivity contribution is 6.01. The number of rotatable bonds is 2. The second-order valence-electron chi connectivity index (χ2n) is 3.54. The van der Waals surface area contributed by atoms with Gasteiger partial charge in [0.1, 0.15) is 0 Å². The van der Waals surface area contributed by atoms with E-state index in [2.05, 4.69) is 10.3 Å². The lowest BCUT2D eigenvalue weighted by atomic mass is 10.2. The summed E-state index contributed by atoms with van der Waals surface area (Å²) in [6.45, 7) is 0. The minimum atomic E-state index is -1.63. The number of hydrogen-bond donors (Lipinski definition) is 1. The van der Waals surface area contributed by atoms with Gasteiger partial charge >= 0.3 is 0 Å². The maximum atomic E-state index is 13.3. The van der Waals surface area contributed by atoms with Gasteiger partial charge in [-0.1, -0.05) is 0 Å². The predicted octanol–water partition coefficient (Wildman–Crippen LogP) is 2.09. The van der Waals surface area contributed by atoms with E-state index in [1.807, 2.05) is 0 Å². The third-order valence-electron chi connectivity index (χ3n) is 2.31. The van der Waals surface area contributed by atoms with E-state index in [1.54, 1.807) is 7.05 Å². The van der Waals surface area contributed by atoms with Gasteiger partial charge in [-0.2, -0.15) is 0 Å². The Labute approximate surface area is 100 Å². The Morgan fingerprint density at radius 2 is 2.00 bits per heavy atom. The fourth-order valence-corrected chi connectivity index (χ4v) is 1.39. The molecule has 0 radical (unpaired) electrons. The molecule has 0 aliphatic rings. The highest BCUT2D eigenvalue weighted by atomic mass is 19.2. The highest BCUT2D eigenvalue weighted by Gasteiger charge is 2.17. The molecule has 1 amide bonds. The van der Waals surface area contributed by atoms with Crippen molar-refractivity contribution in [3.05, 3.63) is 47.8 Å². The van der Waals surface area contributed by atoms with Crippen molar-refractivity contribution < 1.29 is 18.0 Å². The molecule has 94 valence electrons. The molecule has 0 unspecified atom stereocenters. The van der Waals surface area contributed by atoms with Gasteiger partial charge in [-0.3, -0.25) is 4.79 Å². The number of hydrogen-bond acceptors (Lipinski definition) is 2. The molecule has 2 aromatic rings. The van der Waals surface area contributed by atoms with E-state index < -0.39 is 29.0 Å². The first-order chi connectivity index (χ1) is 8.50. The molecule has 4 nitrogen and oxygen atoms in total. The Hall–Kier alpha value is -2.31. The van der Waals surface area contributed by atoms with Crippen molar-refractivity contribution in [2.75, 3.05) is 5.32 Å². The number of benzene rings is 1. The fraction of sp³-hybridized carbons (Fsp3) is 0.0909. The Morgan fingerprint density at radius 3 is 2.61 bits per heavy atom. The average molecular weight is 255 g/mol. The van der Waals surface area contributed by atoms with Crippen molar-refractivity contribution in [2.24, 2.45) is 7.05 Å². The average Bonchev–Trinajstić information content (AvgIpc) is 2.76. The number of aryl methyl sites for hydroxylation is 1. The van der Waals surface area contributed by atoms with E-state index in [4.69, 9.17) is 0 Å². The predicted molar refractivity (Wildman–Crippen MR) is 57.5 cm³/mol. The lowest BCUT2D eigenvalue weighted by Crippen LogP contribution is -2.18. The molecule has 0 fully saturated rings. The summed E-state index contributed by atoms with van der Waals surface area (Å²) in [4.78, 5) is 15.4. The number of imidazole rings is 1. The molecule has 1 aromatic heterocycles. The zero-order chi connectivity index (χ0) is 13.3. The summed E-state index contributed by atoms with van der Waals surface area (Å²) < 4.78 is 40.3. The van der Waals surface area contributed by atoms with Crippen molar-refractivity contribution in [3.8, 4) is 0 Å². The third-order valence-corrected chi connectivity index (χ3v) is 2.31. The fourth-order valence-electron chi connectivity index (χ4n) is 1.39. The molecule has 0 atom stereocenters. The molecule has 2 rings (SSSR count). The Balaban J connectivity index is 2.28. The molecule has 0 bridgehead atoms. The minimum absolute atomic E-state index is 0.0270. The summed E-state index contributed by atoms with van der Waals surface area (Å²) in [5.41, 5.74) is -0.443. The molecular weight excluding hydrogens is 247 g/mol. The summed E-state index contributed by atoms with van der Waals surface area (Å²) >= 11 is 0. The van der Waals surface area contributed by atoms with Crippen molar-refractivity contribution in [1.82, 2.24) is 9.55 Å². The number of carbonyl (C=O) groups excluding carboxylic acids is 1. The van der Waals surface area contributed by atoms with E-state index in [-0.39, 0.29) is 5.82 Å². The van der Waals surface area contributed by atoms with Crippen LogP contribution in [0.1, 0.15) is 10.6 Å². The monoisotopic (exact) mass is 255 g/mol. The molecule has 0 saturated carbocycles. The largest absolute Gasteiger partial charge is 0.330 e. The number of amides is 1. The van der Waals surface area contributed by atoms with Crippen LogP contribution in [0.25, 0.3) is 0 Å². The standard InChI is InChI=1S/C11H8F3N3O/c1-17-5-4-15-10(17)11(18)16-7-3-2-6(12)8(13)9(7)14/h2-5H,1H3,(H,16,18). The molecule has 1 heterocycles. The van der Waals surface area contributed by atoms with Crippen molar-refractivity contribution in [1.29, 1.82) is 0 Å². The molecule has 0 spiro atoms. The van der Waals surface area contributed by atoms with E-state index in [9.17, 15) is 18.0 Å². The summed E-state index contributed by atoms with van der Waals surface area (Å²) in [6.07, 6.45) is 2.91. The summed E-state index contributed by atoms with van der Waals surface area (Å²) in [5, 5.41) is 2.12. The van der Waals surface area contributed by atoms with Gasteiger partial charge in [0.15, 0.2) is 23.3 Å². The second kappa shape index (κ2) is 4.52. The van der Waals surface area contributed by atoms with E-state index in [1.165, 1.54) is 17.0 Å². The van der Waals surface area contributed by atoms with Crippen molar-refractivity contribution in [3.63, 3.8) is 0 Å². The van der Waals surface area contributed by atoms with Crippen LogP contribution in [-0.4, -0.2) is 15.5 Å². The number of anilines is 1. The first-order valence-electron chi connectivity index (χ1n) is 4.93. The van der Waals surface area contributed by atoms with Gasteiger partial charge in [-0.25, -0.2) is 18.2 Å². The SMILES string of the molecule is Cn1ccnc1C(=O)Nc1ccc(F)c(F)c1F. The van der Waals surface area contributed by atoms with Crippen LogP contribution in [0.2, 0.25) is 0 Å². The lowest BCUT2D eigenvalue weighted by Gasteiger charge is -2.07. The van der Waals surface area contributed by atoms with E-state index >= 15 is 0 Å². The zero-order valence-corrected chi connectivity index (χ0v) is 9.25. The van der Waals surface area contributed by atoms with E-state index in [0.29, 0.717) is 0 Å². The molecule has 1 N–H and O–H groups in total. The van der Waals surface area contributed by atoms with Crippen LogP contribution in [0.3, 0.4) is 0 Å². The molecular formula is C11H8F3N3O. The Morgan fingerprint density at radius 1 is 1.28 bits per heavy atom. The first-order valence-corrected chi connectivity index (χ1v) is 4.93. The summed E-state index contributed by atoms with van der Waals surface area (Å²) in [7, 11) is 1.57. The minimum Gasteiger partial charge on any atom is -0.330 e. The summed E-state index contributed by atoms with van der Waals surface area (Å²) in [5.74, 6) is -5.08. The number of halogens is 3. The molecule has 7 heteroatoms. The topological polar surface area (TPSA) is 46.9 Å². The molecule has 0 aliphatic carbocycles. The number of aromatic nitrogens is 2. The van der Waals surface area contributed by atoms with Crippen LogP contribution < -0.4 is 5.32 Å². The first kappa shape index (κ1) is 12.2. The van der Waals surface area contributed by atoms with Gasteiger partial charge in [0, 0.05) is 19.4 Å². The Kier molecular flexibility index (Phi) is 3.05. The van der Waals surface area contributed by atoms with Gasteiger partial charge in [-0.05, 0) is 12.1 Å². The lowest BCUT2D eigenvalue weighted by molar-refractivity contribution is 0.101. The van der Waals surface area contributed by atoms with Crippen LogP contribution in [0.4, 0.5) is 18.9 Å².